The van der Waals surface area contributed by atoms with Crippen LogP contribution in [0, 0.1) is 6.92 Å². The van der Waals surface area contributed by atoms with Crippen molar-refractivity contribution >= 4 is 22.7 Å². The Labute approximate surface area is 229 Å². The molecular formula is C30H28N2O8. The first kappa shape index (κ1) is 26.9. The summed E-state index contributed by atoms with van der Waals surface area (Å²) in [6.07, 6.45) is 0.142. The Balaban J connectivity index is 1.82. The van der Waals surface area contributed by atoms with Crippen LogP contribution in [0.5, 0.6) is 17.2 Å². The van der Waals surface area contributed by atoms with E-state index in [1.54, 1.807) is 50.5 Å². The number of para-hydroxylation sites is 1. The van der Waals surface area contributed by atoms with Crippen LogP contribution >= 0.6 is 0 Å². The van der Waals surface area contributed by atoms with Gasteiger partial charge in [-0.15, -0.1) is 0 Å². The number of esters is 1. The Kier molecular flexibility index (Phi) is 6.80. The van der Waals surface area contributed by atoms with Gasteiger partial charge in [-0.3, -0.25) is 19.4 Å². The molecule has 0 aliphatic carbocycles. The van der Waals surface area contributed by atoms with Crippen LogP contribution in [-0.4, -0.2) is 43.7 Å². The number of benzene rings is 2. The number of carbonyl (C=O) groups is 2. The number of Topliss-reactive ketones (excluding diaryl/α,β-unsaturated/α-hetero) is 1. The maximum Gasteiger partial charge on any atom is 0.306 e. The number of ether oxygens (including phenoxy) is 2. The molecule has 2 atom stereocenters. The van der Waals surface area contributed by atoms with Crippen LogP contribution in [0.4, 0.5) is 0 Å². The zero-order chi connectivity index (χ0) is 28.9. The number of aromatic nitrogens is 2. The third-order valence-corrected chi connectivity index (χ3v) is 7.51. The number of rotatable bonds is 6. The van der Waals surface area contributed by atoms with Gasteiger partial charge in [-0.2, -0.15) is 0 Å². The quantitative estimate of drug-likeness (QED) is 0.243. The van der Waals surface area contributed by atoms with Crippen molar-refractivity contribution in [3.8, 4) is 17.2 Å². The maximum absolute atomic E-state index is 13.6. The van der Waals surface area contributed by atoms with Gasteiger partial charge in [0.05, 0.1) is 36.9 Å². The highest BCUT2D eigenvalue weighted by atomic mass is 16.5. The topological polar surface area (TPSA) is 148 Å². The minimum absolute atomic E-state index is 0.0860. The lowest BCUT2D eigenvalue weighted by atomic mass is 9.83. The number of carbonyl (C=O) groups excluding carboxylic acids is 2. The van der Waals surface area contributed by atoms with E-state index in [0.717, 1.165) is 0 Å². The predicted molar refractivity (Wildman–Crippen MR) is 145 cm³/mol. The van der Waals surface area contributed by atoms with Gasteiger partial charge in [-0.25, -0.2) is 0 Å². The van der Waals surface area contributed by atoms with Crippen molar-refractivity contribution in [1.29, 1.82) is 0 Å². The molecule has 3 heterocycles. The van der Waals surface area contributed by atoms with Crippen molar-refractivity contribution in [3.05, 3.63) is 92.0 Å². The zero-order valence-electron chi connectivity index (χ0n) is 22.4. The number of ketones is 1. The number of pyridine rings is 2. The van der Waals surface area contributed by atoms with Crippen LogP contribution < -0.4 is 5.56 Å². The molecule has 0 amide bonds. The fraction of sp³-hybridized carbons (Fsp3) is 0.267. The van der Waals surface area contributed by atoms with Crippen molar-refractivity contribution < 1.29 is 34.4 Å². The molecule has 0 saturated heterocycles. The van der Waals surface area contributed by atoms with E-state index >= 15 is 0 Å². The summed E-state index contributed by atoms with van der Waals surface area (Å²) in [5.74, 6) is -3.56. The molecule has 10 nitrogen and oxygen atoms in total. The van der Waals surface area contributed by atoms with Crippen LogP contribution in [0.3, 0.4) is 0 Å². The highest BCUT2D eigenvalue weighted by molar-refractivity contribution is 5.98. The molecule has 10 heteroatoms. The summed E-state index contributed by atoms with van der Waals surface area (Å²) < 4.78 is 12.3. The van der Waals surface area contributed by atoms with Crippen LogP contribution in [0.1, 0.15) is 69.2 Å². The second kappa shape index (κ2) is 10.1. The van der Waals surface area contributed by atoms with Crippen molar-refractivity contribution in [1.82, 2.24) is 9.55 Å². The summed E-state index contributed by atoms with van der Waals surface area (Å²) in [4.78, 5) is 43.1. The van der Waals surface area contributed by atoms with Crippen LogP contribution in [-0.2, 0) is 27.9 Å². The number of phenols is 2. The Morgan fingerprint density at radius 3 is 2.58 bits per heavy atom. The predicted octanol–water partition coefficient (Wildman–Crippen LogP) is 3.88. The van der Waals surface area contributed by atoms with Crippen molar-refractivity contribution in [2.45, 2.75) is 38.9 Å². The van der Waals surface area contributed by atoms with E-state index in [1.165, 1.54) is 24.7 Å². The summed E-state index contributed by atoms with van der Waals surface area (Å²) in [6.45, 7) is 2.96. The number of aryl methyl sites for hydroxylation is 2. The van der Waals surface area contributed by atoms with Crippen LogP contribution in [0.2, 0.25) is 0 Å². The first-order valence-electron chi connectivity index (χ1n) is 12.6. The number of fused-ring (bicyclic) bond motifs is 2. The second-order valence-electron chi connectivity index (χ2n) is 9.86. The SMILES string of the molecule is COC(=O)C[C@@H](c1c(O)c(C(C)=O)cc([C@H]2OCc3cnc(C)c(O)c32)c1O)c1cc2ccccc2n(C)c1=O. The van der Waals surface area contributed by atoms with Gasteiger partial charge in [0.1, 0.15) is 23.4 Å². The Morgan fingerprint density at radius 1 is 1.15 bits per heavy atom. The van der Waals surface area contributed by atoms with Crippen molar-refractivity contribution in [2.24, 2.45) is 7.05 Å². The third-order valence-electron chi connectivity index (χ3n) is 7.51. The van der Waals surface area contributed by atoms with E-state index in [0.29, 0.717) is 27.7 Å². The van der Waals surface area contributed by atoms with E-state index < -0.39 is 47.3 Å². The number of aromatic hydroxyl groups is 3. The van der Waals surface area contributed by atoms with Gasteiger partial charge >= 0.3 is 5.97 Å². The van der Waals surface area contributed by atoms with E-state index in [1.807, 2.05) is 0 Å². The van der Waals surface area contributed by atoms with Crippen molar-refractivity contribution in [2.75, 3.05) is 7.11 Å². The molecule has 0 saturated carbocycles. The lowest BCUT2D eigenvalue weighted by Crippen LogP contribution is -2.26. The molecule has 2 aromatic heterocycles. The summed E-state index contributed by atoms with van der Waals surface area (Å²) in [5, 5.41) is 34.5. The molecule has 0 fully saturated rings. The monoisotopic (exact) mass is 544 g/mol. The number of hydrogen-bond acceptors (Lipinski definition) is 9. The summed E-state index contributed by atoms with van der Waals surface area (Å²) in [5.41, 5.74) is 1.38. The lowest BCUT2D eigenvalue weighted by molar-refractivity contribution is -0.140. The van der Waals surface area contributed by atoms with Crippen molar-refractivity contribution in [3.63, 3.8) is 0 Å². The van der Waals surface area contributed by atoms with E-state index in [4.69, 9.17) is 9.47 Å². The van der Waals surface area contributed by atoms with Gasteiger partial charge in [0, 0.05) is 47.0 Å². The smallest absolute Gasteiger partial charge is 0.306 e. The minimum Gasteiger partial charge on any atom is -0.507 e. The summed E-state index contributed by atoms with van der Waals surface area (Å²) in [6, 6.07) is 10.1. The average molecular weight is 545 g/mol. The number of methoxy groups -OCH3 is 1. The van der Waals surface area contributed by atoms with Gasteiger partial charge in [0.15, 0.2) is 5.78 Å². The Hall–Kier alpha value is -4.70. The van der Waals surface area contributed by atoms with Gasteiger partial charge in [-0.05, 0) is 37.4 Å². The fourth-order valence-electron chi connectivity index (χ4n) is 5.38. The molecule has 206 valence electrons. The normalized spacial score (nSPS) is 15.2. The van der Waals surface area contributed by atoms with E-state index in [2.05, 4.69) is 4.98 Å². The highest BCUT2D eigenvalue weighted by Crippen LogP contribution is 2.50. The first-order valence-corrected chi connectivity index (χ1v) is 12.6. The van der Waals surface area contributed by atoms with Gasteiger partial charge in [0.25, 0.3) is 5.56 Å². The molecular weight excluding hydrogens is 516 g/mol. The second-order valence-corrected chi connectivity index (χ2v) is 9.86. The zero-order valence-corrected chi connectivity index (χ0v) is 22.4. The molecule has 0 spiro atoms. The van der Waals surface area contributed by atoms with Gasteiger partial charge in [0.2, 0.25) is 0 Å². The Bertz CT molecular complexity index is 1760. The van der Waals surface area contributed by atoms with E-state index in [9.17, 15) is 29.7 Å². The van der Waals surface area contributed by atoms with Gasteiger partial charge in [-0.1, -0.05) is 18.2 Å². The maximum atomic E-state index is 13.6. The molecule has 1 aliphatic heterocycles. The average Bonchev–Trinajstić information content (AvgIpc) is 3.36. The first-order chi connectivity index (χ1) is 19.0. The van der Waals surface area contributed by atoms with Crippen LogP contribution in [0.15, 0.2) is 47.4 Å². The molecule has 0 radical (unpaired) electrons. The summed E-state index contributed by atoms with van der Waals surface area (Å²) >= 11 is 0. The lowest BCUT2D eigenvalue weighted by Gasteiger charge is -2.25. The molecule has 0 bridgehead atoms. The standard InChI is InChI=1S/C30H28N2O8/c1-14-26(35)24-17(12-31-14)13-40-29(24)21-10-18(15(2)33)27(36)25(28(21)37)19(11-23(34)39-4)20-9-16-7-5-6-8-22(16)32(3)30(20)38/h5-10,12,19,29,35-37H,11,13H2,1-4H3/t19-,29-/m1/s1. The largest absolute Gasteiger partial charge is 0.507 e. The molecule has 3 N–H and O–H groups in total. The fourth-order valence-corrected chi connectivity index (χ4v) is 5.38. The molecule has 5 rings (SSSR count). The third kappa shape index (κ3) is 4.26. The minimum atomic E-state index is -1.19. The molecule has 4 aromatic rings. The Morgan fingerprint density at radius 2 is 1.88 bits per heavy atom. The number of nitrogens with zero attached hydrogens (tertiary/aromatic N) is 2. The van der Waals surface area contributed by atoms with E-state index in [-0.39, 0.29) is 34.6 Å². The molecule has 0 unspecified atom stereocenters. The molecule has 1 aliphatic rings. The summed E-state index contributed by atoms with van der Waals surface area (Å²) in [7, 11) is 2.78. The molecule has 2 aromatic carbocycles. The van der Waals surface area contributed by atoms with Crippen LogP contribution in [0.25, 0.3) is 10.9 Å². The highest BCUT2D eigenvalue weighted by Gasteiger charge is 2.37. The van der Waals surface area contributed by atoms with Gasteiger partial charge < -0.3 is 29.4 Å². The number of phenolic OH excluding ortho intramolecular Hbond substituents is 2. The molecule has 40 heavy (non-hydrogen) atoms. The number of hydrogen-bond donors (Lipinski definition) is 3.